The van der Waals surface area contributed by atoms with Gasteiger partial charge in [0.05, 0.1) is 17.3 Å². The van der Waals surface area contributed by atoms with Crippen molar-refractivity contribution in [3.63, 3.8) is 0 Å². The third kappa shape index (κ3) is 3.00. The molecule has 1 fully saturated rings. The van der Waals surface area contributed by atoms with Crippen LogP contribution in [0, 0.1) is 0 Å². The molecule has 0 atom stereocenters. The maximum atomic E-state index is 9.44. The standard InChI is InChI=1S/C11H18N2OS/c1-13(6-9-7-15-8-12-9)10-2-4-11(14)5-3-10/h7-8,10-11,14H,2-6H2,1H3. The Morgan fingerprint density at radius 2 is 2.20 bits per heavy atom. The summed E-state index contributed by atoms with van der Waals surface area (Å²) in [7, 11) is 2.15. The van der Waals surface area contributed by atoms with Gasteiger partial charge in [0.25, 0.3) is 0 Å². The van der Waals surface area contributed by atoms with Gasteiger partial charge in [0.15, 0.2) is 0 Å². The van der Waals surface area contributed by atoms with Gasteiger partial charge in [-0.25, -0.2) is 4.98 Å². The quantitative estimate of drug-likeness (QED) is 0.855. The van der Waals surface area contributed by atoms with E-state index in [1.54, 1.807) is 11.3 Å². The highest BCUT2D eigenvalue weighted by Crippen LogP contribution is 2.23. The first-order chi connectivity index (χ1) is 7.25. The van der Waals surface area contributed by atoms with Gasteiger partial charge in [-0.3, -0.25) is 4.90 Å². The number of aliphatic hydroxyl groups is 1. The Kier molecular flexibility index (Phi) is 3.72. The normalized spacial score (nSPS) is 27.1. The first-order valence-corrected chi connectivity index (χ1v) is 6.45. The smallest absolute Gasteiger partial charge is 0.0795 e. The first-order valence-electron chi connectivity index (χ1n) is 5.51. The van der Waals surface area contributed by atoms with Gasteiger partial charge in [0.1, 0.15) is 0 Å². The molecule has 1 heterocycles. The predicted octanol–water partition coefficient (Wildman–Crippen LogP) is 1.88. The van der Waals surface area contributed by atoms with Gasteiger partial charge in [-0.05, 0) is 32.7 Å². The number of rotatable bonds is 3. The summed E-state index contributed by atoms with van der Waals surface area (Å²) in [5.74, 6) is 0. The number of nitrogens with zero attached hydrogens (tertiary/aromatic N) is 2. The van der Waals surface area contributed by atoms with Crippen molar-refractivity contribution >= 4 is 11.3 Å². The number of aliphatic hydroxyl groups excluding tert-OH is 1. The van der Waals surface area contributed by atoms with E-state index < -0.39 is 0 Å². The van der Waals surface area contributed by atoms with E-state index >= 15 is 0 Å². The topological polar surface area (TPSA) is 36.4 Å². The van der Waals surface area contributed by atoms with Gasteiger partial charge in [0.2, 0.25) is 0 Å². The molecule has 0 aliphatic heterocycles. The summed E-state index contributed by atoms with van der Waals surface area (Å²) < 4.78 is 0. The van der Waals surface area contributed by atoms with Crippen LogP contribution in [0.15, 0.2) is 10.9 Å². The average Bonchev–Trinajstić information content (AvgIpc) is 2.71. The molecule has 0 radical (unpaired) electrons. The molecule has 4 heteroatoms. The highest BCUT2D eigenvalue weighted by molar-refractivity contribution is 7.07. The minimum Gasteiger partial charge on any atom is -0.393 e. The summed E-state index contributed by atoms with van der Waals surface area (Å²) >= 11 is 1.65. The van der Waals surface area contributed by atoms with E-state index in [-0.39, 0.29) is 6.10 Å². The zero-order valence-corrected chi connectivity index (χ0v) is 9.91. The van der Waals surface area contributed by atoms with Crippen molar-refractivity contribution in [2.45, 2.75) is 44.4 Å². The average molecular weight is 226 g/mol. The second-order valence-corrected chi connectivity index (χ2v) is 5.08. The lowest BCUT2D eigenvalue weighted by Crippen LogP contribution is -2.35. The van der Waals surface area contributed by atoms with E-state index in [1.807, 2.05) is 5.51 Å². The van der Waals surface area contributed by atoms with Crippen LogP contribution in [0.5, 0.6) is 0 Å². The molecule has 1 saturated carbocycles. The highest BCUT2D eigenvalue weighted by Gasteiger charge is 2.22. The fourth-order valence-electron chi connectivity index (χ4n) is 2.20. The molecule has 0 amide bonds. The molecule has 1 aliphatic rings. The third-order valence-electron chi connectivity index (χ3n) is 3.18. The number of thiazole rings is 1. The van der Waals surface area contributed by atoms with Crippen molar-refractivity contribution in [2.24, 2.45) is 0 Å². The lowest BCUT2D eigenvalue weighted by atomic mass is 9.92. The van der Waals surface area contributed by atoms with Crippen LogP contribution in [0.25, 0.3) is 0 Å². The Morgan fingerprint density at radius 3 is 2.80 bits per heavy atom. The minimum absolute atomic E-state index is 0.0612. The highest BCUT2D eigenvalue weighted by atomic mass is 32.1. The van der Waals surface area contributed by atoms with E-state index in [9.17, 15) is 5.11 Å². The maximum Gasteiger partial charge on any atom is 0.0795 e. The van der Waals surface area contributed by atoms with Gasteiger partial charge < -0.3 is 5.11 Å². The molecule has 1 aromatic heterocycles. The number of hydrogen-bond donors (Lipinski definition) is 1. The Labute approximate surface area is 94.8 Å². The zero-order valence-electron chi connectivity index (χ0n) is 9.09. The van der Waals surface area contributed by atoms with Crippen molar-refractivity contribution in [3.05, 3.63) is 16.6 Å². The molecule has 0 saturated heterocycles. The number of aromatic nitrogens is 1. The molecular weight excluding hydrogens is 208 g/mol. The van der Waals surface area contributed by atoms with Crippen LogP contribution >= 0.6 is 11.3 Å². The molecule has 1 aliphatic carbocycles. The van der Waals surface area contributed by atoms with Crippen LogP contribution in [0.2, 0.25) is 0 Å². The Balaban J connectivity index is 1.83. The first kappa shape index (κ1) is 11.0. The lowest BCUT2D eigenvalue weighted by molar-refractivity contribution is 0.0814. The van der Waals surface area contributed by atoms with Crippen LogP contribution < -0.4 is 0 Å². The molecule has 0 aromatic carbocycles. The molecule has 3 nitrogen and oxygen atoms in total. The molecule has 1 N–H and O–H groups in total. The van der Waals surface area contributed by atoms with Crippen LogP contribution in [-0.4, -0.2) is 34.2 Å². The molecule has 1 aromatic rings. The van der Waals surface area contributed by atoms with Gasteiger partial charge in [0, 0.05) is 18.0 Å². The minimum atomic E-state index is -0.0612. The molecule has 15 heavy (non-hydrogen) atoms. The fourth-order valence-corrected chi connectivity index (χ4v) is 2.75. The van der Waals surface area contributed by atoms with Crippen LogP contribution in [0.4, 0.5) is 0 Å². The fraction of sp³-hybridized carbons (Fsp3) is 0.727. The van der Waals surface area contributed by atoms with Gasteiger partial charge in [-0.1, -0.05) is 0 Å². The van der Waals surface area contributed by atoms with E-state index in [4.69, 9.17) is 0 Å². The van der Waals surface area contributed by atoms with Crippen molar-refractivity contribution in [3.8, 4) is 0 Å². The summed E-state index contributed by atoms with van der Waals surface area (Å²) in [6, 6.07) is 0.620. The predicted molar refractivity (Wildman–Crippen MR) is 61.8 cm³/mol. The Hall–Kier alpha value is -0.450. The SMILES string of the molecule is CN(Cc1cscn1)C1CCC(O)CC1. The molecule has 2 rings (SSSR count). The summed E-state index contributed by atoms with van der Waals surface area (Å²) in [5, 5.41) is 11.5. The Bertz CT molecular complexity index is 281. The van der Waals surface area contributed by atoms with Crippen LogP contribution in [0.3, 0.4) is 0 Å². The van der Waals surface area contributed by atoms with Crippen molar-refractivity contribution < 1.29 is 5.11 Å². The van der Waals surface area contributed by atoms with Crippen LogP contribution in [0.1, 0.15) is 31.4 Å². The van der Waals surface area contributed by atoms with Crippen molar-refractivity contribution in [2.75, 3.05) is 7.05 Å². The third-order valence-corrected chi connectivity index (χ3v) is 3.82. The van der Waals surface area contributed by atoms with E-state index in [0.29, 0.717) is 6.04 Å². The van der Waals surface area contributed by atoms with Crippen LogP contribution in [-0.2, 0) is 6.54 Å². The number of hydrogen-bond acceptors (Lipinski definition) is 4. The largest absolute Gasteiger partial charge is 0.393 e. The molecule has 0 spiro atoms. The molecular formula is C11H18N2OS. The van der Waals surface area contributed by atoms with E-state index in [2.05, 4.69) is 22.3 Å². The Morgan fingerprint density at radius 1 is 1.47 bits per heavy atom. The monoisotopic (exact) mass is 226 g/mol. The summed E-state index contributed by atoms with van der Waals surface area (Å²) in [6.07, 6.45) is 4.07. The van der Waals surface area contributed by atoms with Gasteiger partial charge in [-0.15, -0.1) is 11.3 Å². The van der Waals surface area contributed by atoms with Crippen molar-refractivity contribution in [1.82, 2.24) is 9.88 Å². The zero-order chi connectivity index (χ0) is 10.7. The molecule has 0 bridgehead atoms. The second kappa shape index (κ2) is 5.05. The van der Waals surface area contributed by atoms with E-state index in [0.717, 1.165) is 37.9 Å². The second-order valence-electron chi connectivity index (χ2n) is 4.36. The van der Waals surface area contributed by atoms with Gasteiger partial charge >= 0.3 is 0 Å². The summed E-state index contributed by atoms with van der Waals surface area (Å²) in [6.45, 7) is 0.935. The van der Waals surface area contributed by atoms with E-state index in [1.165, 1.54) is 0 Å². The molecule has 0 unspecified atom stereocenters. The summed E-state index contributed by atoms with van der Waals surface area (Å²) in [5.41, 5.74) is 3.04. The maximum absolute atomic E-state index is 9.44. The lowest BCUT2D eigenvalue weighted by Gasteiger charge is -2.32. The van der Waals surface area contributed by atoms with Crippen molar-refractivity contribution in [1.29, 1.82) is 0 Å². The molecule has 84 valence electrons. The summed E-state index contributed by atoms with van der Waals surface area (Å²) in [4.78, 5) is 6.66. The van der Waals surface area contributed by atoms with Gasteiger partial charge in [-0.2, -0.15) is 0 Å².